The van der Waals surface area contributed by atoms with Crippen molar-refractivity contribution >= 4 is 98.7 Å². The third kappa shape index (κ3) is 7.50. The van der Waals surface area contributed by atoms with Gasteiger partial charge in [-0.2, -0.15) is 16.8 Å². The van der Waals surface area contributed by atoms with E-state index < -0.39 is 37.3 Å². The first kappa shape index (κ1) is 46.3. The van der Waals surface area contributed by atoms with Gasteiger partial charge in [0.25, 0.3) is 20.2 Å². The van der Waals surface area contributed by atoms with Crippen LogP contribution in [0.5, 0.6) is 0 Å². The third-order valence-corrected chi connectivity index (χ3v) is 16.9. The summed E-state index contributed by atoms with van der Waals surface area (Å²) in [4.78, 5) is 6.64. The molecule has 0 saturated heterocycles. The van der Waals surface area contributed by atoms with Crippen LogP contribution in [0, 0.1) is 0 Å². The van der Waals surface area contributed by atoms with Gasteiger partial charge in [-0.05, 0) is 147 Å². The van der Waals surface area contributed by atoms with Gasteiger partial charge in [-0.15, -0.1) is 0 Å². The van der Waals surface area contributed by atoms with Crippen LogP contribution in [0.2, 0.25) is 0 Å². The second kappa shape index (κ2) is 17.5. The molecule has 0 aliphatic heterocycles. The molecule has 0 bridgehead atoms. The van der Waals surface area contributed by atoms with Crippen LogP contribution in [0.15, 0.2) is 196 Å². The standard InChI is InChI=1S/C59H38N2O6S2.2Na.2H/c62-68(63,66-58-47-23-7-15-36-13-5-21-42(55(36)47)29-49(58)44-25-38-17-1-9-34-10-2-18-39(26-44)53(34)38)46-31-51-57(61-33-60-51)52(32-46)69(64,65)67-59-48-24-8-16-37-14-6-22-43(56(37)48)30-50(59)45-27-40-19-3-11-35-12-4-20-41(28-45)54(35)40;;;;/h1-25,27,29-33,58-59H,26,28H2,(H,60,61);;;;/q;2*+1;2*-1. The molecule has 10 aromatic rings. The predicted molar refractivity (Wildman–Crippen MR) is 275 cm³/mol. The van der Waals surface area contributed by atoms with Gasteiger partial charge in [0.05, 0.1) is 16.7 Å². The molecular weight excluding hydrogens is 943 g/mol. The molecule has 9 aromatic carbocycles. The third-order valence-electron chi connectivity index (χ3n) is 14.4. The molecule has 14 rings (SSSR count). The minimum Gasteiger partial charge on any atom is -1.00 e. The molecule has 336 valence electrons. The first-order valence-electron chi connectivity index (χ1n) is 22.9. The van der Waals surface area contributed by atoms with Gasteiger partial charge >= 0.3 is 59.1 Å². The molecule has 1 heterocycles. The average Bonchev–Trinajstić information content (AvgIpc) is 3.85. The van der Waals surface area contributed by atoms with Gasteiger partial charge in [0.1, 0.15) is 22.6 Å². The van der Waals surface area contributed by atoms with E-state index in [1.54, 1.807) is 0 Å². The van der Waals surface area contributed by atoms with Gasteiger partial charge in [0.15, 0.2) is 0 Å². The van der Waals surface area contributed by atoms with Gasteiger partial charge in [-0.3, -0.25) is 8.37 Å². The number of nitrogens with zero attached hydrogens (tertiary/aromatic N) is 1. The van der Waals surface area contributed by atoms with E-state index in [1.807, 2.05) is 109 Å². The van der Waals surface area contributed by atoms with Crippen molar-refractivity contribution in [3.8, 4) is 0 Å². The van der Waals surface area contributed by atoms with Crippen LogP contribution in [0.25, 0.3) is 78.4 Å². The summed E-state index contributed by atoms with van der Waals surface area (Å²) in [6.07, 6.45) is 8.65. The summed E-state index contributed by atoms with van der Waals surface area (Å²) in [6, 6.07) is 51.2. The van der Waals surface area contributed by atoms with Crippen LogP contribution < -0.4 is 59.1 Å². The molecule has 0 saturated carbocycles. The van der Waals surface area contributed by atoms with E-state index in [2.05, 4.69) is 70.7 Å². The summed E-state index contributed by atoms with van der Waals surface area (Å²) in [5.41, 5.74) is 11.1. The van der Waals surface area contributed by atoms with Crippen LogP contribution in [-0.4, -0.2) is 26.8 Å². The summed E-state index contributed by atoms with van der Waals surface area (Å²) < 4.78 is 73.6. The fraction of sp³-hybridized carbons (Fsp3) is 0.0678. The normalized spacial score (nSPS) is 16.8. The van der Waals surface area contributed by atoms with Gasteiger partial charge in [0.2, 0.25) is 0 Å². The zero-order valence-corrected chi connectivity index (χ0v) is 44.3. The van der Waals surface area contributed by atoms with E-state index in [9.17, 15) is 0 Å². The Morgan fingerprint density at radius 2 is 0.887 bits per heavy atom. The minimum absolute atomic E-state index is 0. The number of hydrogen-bond donors (Lipinski definition) is 1. The molecule has 0 fully saturated rings. The number of rotatable bonds is 8. The number of aromatic nitrogens is 2. The second-order valence-electron chi connectivity index (χ2n) is 18.3. The van der Waals surface area contributed by atoms with E-state index >= 15 is 16.8 Å². The van der Waals surface area contributed by atoms with Crippen molar-refractivity contribution in [2.45, 2.75) is 34.8 Å². The Bertz CT molecular complexity index is 4320. The molecule has 2 unspecified atom stereocenters. The largest absolute Gasteiger partial charge is 1.00 e. The van der Waals surface area contributed by atoms with Crippen molar-refractivity contribution in [2.75, 3.05) is 0 Å². The van der Waals surface area contributed by atoms with Crippen molar-refractivity contribution in [1.82, 2.24) is 9.97 Å². The number of hydrogen-bond acceptors (Lipinski definition) is 7. The second-order valence-corrected chi connectivity index (χ2v) is 21.4. The number of nitrogens with one attached hydrogen (secondary N) is 1. The molecule has 4 aliphatic carbocycles. The van der Waals surface area contributed by atoms with E-state index in [4.69, 9.17) is 8.37 Å². The predicted octanol–water partition coefficient (Wildman–Crippen LogP) is 7.38. The van der Waals surface area contributed by atoms with E-state index in [-0.39, 0.29) is 77.9 Å². The Morgan fingerprint density at radius 3 is 1.37 bits per heavy atom. The first-order valence-corrected chi connectivity index (χ1v) is 25.7. The van der Waals surface area contributed by atoms with Crippen molar-refractivity contribution < 1.29 is 87.2 Å². The Kier molecular flexibility index (Phi) is 11.4. The topological polar surface area (TPSA) is 115 Å². The van der Waals surface area contributed by atoms with E-state index in [1.165, 1.54) is 23.2 Å². The maximum atomic E-state index is 15.2. The van der Waals surface area contributed by atoms with Gasteiger partial charge in [-0.1, -0.05) is 158 Å². The van der Waals surface area contributed by atoms with Crippen LogP contribution >= 0.6 is 0 Å². The quantitative estimate of drug-likeness (QED) is 0.125. The van der Waals surface area contributed by atoms with E-state index in [0.717, 1.165) is 82.9 Å². The Morgan fingerprint density at radius 1 is 0.479 bits per heavy atom. The molecule has 8 nitrogen and oxygen atoms in total. The van der Waals surface area contributed by atoms with Crippen LogP contribution in [0.4, 0.5) is 0 Å². The SMILES string of the molecule is O=S(=O)(OC1C(C2=Cc3cccc4cccc(c34)C2)=Cc2cccc3cccc1c23)c1cc(S(=O)(=O)OC2C(C3=Cc4cccc5cccc(c45)C3)=Cc3cccc4cccc2c34)c2nc[nH]c2c1.[H-].[H-].[Na+].[Na+]. The zero-order chi connectivity index (χ0) is 46.2. The van der Waals surface area contributed by atoms with Crippen molar-refractivity contribution in [3.63, 3.8) is 0 Å². The number of fused-ring (bicyclic) bond motifs is 1. The van der Waals surface area contributed by atoms with Gasteiger partial charge in [-0.25, -0.2) is 4.98 Å². The first-order chi connectivity index (χ1) is 33.6. The summed E-state index contributed by atoms with van der Waals surface area (Å²) in [6.45, 7) is 0. The monoisotopic (exact) mass is 982 g/mol. The van der Waals surface area contributed by atoms with Gasteiger partial charge in [0, 0.05) is 0 Å². The summed E-state index contributed by atoms with van der Waals surface area (Å²) in [7, 11) is -9.50. The van der Waals surface area contributed by atoms with Crippen LogP contribution in [0.1, 0.15) is 59.6 Å². The molecule has 1 N–H and O–H groups in total. The molecule has 1 aromatic heterocycles. The fourth-order valence-corrected chi connectivity index (χ4v) is 13.8. The average molecular weight is 983 g/mol. The molecule has 4 aliphatic rings. The number of H-pyrrole nitrogens is 1. The molecule has 12 heteroatoms. The van der Waals surface area contributed by atoms with E-state index in [0.29, 0.717) is 35.1 Å². The minimum atomic E-state index is -4.78. The van der Waals surface area contributed by atoms with Crippen molar-refractivity contribution in [3.05, 3.63) is 231 Å². The summed E-state index contributed by atoms with van der Waals surface area (Å²) >= 11 is 0. The number of benzene rings is 9. The van der Waals surface area contributed by atoms with Gasteiger partial charge < -0.3 is 7.84 Å². The zero-order valence-electron chi connectivity index (χ0n) is 40.7. The smallest absolute Gasteiger partial charge is 1.00 e. The summed E-state index contributed by atoms with van der Waals surface area (Å²) in [5.74, 6) is 0. The van der Waals surface area contributed by atoms with Crippen LogP contribution in [0.3, 0.4) is 0 Å². The Labute approximate surface area is 457 Å². The Balaban J connectivity index is 0.00000153. The number of imidazole rings is 1. The molecular formula is C59H40N2Na2O6S2. The maximum absolute atomic E-state index is 15.2. The fourth-order valence-electron chi connectivity index (χ4n) is 11.4. The van der Waals surface area contributed by atoms with Crippen molar-refractivity contribution in [2.24, 2.45) is 0 Å². The van der Waals surface area contributed by atoms with Crippen molar-refractivity contribution in [1.29, 1.82) is 0 Å². The summed E-state index contributed by atoms with van der Waals surface area (Å²) in [5, 5.41) is 8.29. The Hall–Kier alpha value is -5.73. The molecule has 71 heavy (non-hydrogen) atoms. The molecule has 2 atom stereocenters. The molecule has 0 radical (unpaired) electrons. The van der Waals surface area contributed by atoms with Crippen LogP contribution in [-0.2, 0) is 41.4 Å². The number of aromatic amines is 1. The molecule has 0 amide bonds. The molecule has 0 spiro atoms. The maximum Gasteiger partial charge on any atom is 1.00 e.